The molecule has 0 unspecified atom stereocenters. The lowest BCUT2D eigenvalue weighted by molar-refractivity contribution is -0.160. The van der Waals surface area contributed by atoms with Crippen LogP contribution in [0.3, 0.4) is 0 Å². The quantitative estimate of drug-likeness (QED) is 0.0539. The second kappa shape index (κ2) is 24.0. The van der Waals surface area contributed by atoms with Gasteiger partial charge in [-0.25, -0.2) is 14.6 Å². The molecule has 0 bridgehead atoms. The third kappa shape index (κ3) is 22.0. The van der Waals surface area contributed by atoms with Gasteiger partial charge in [-0.05, 0) is 77.9 Å². The molecule has 1 N–H and O–H groups in total. The molecular formula is C38H55Cl6NO11S. The van der Waals surface area contributed by atoms with Gasteiger partial charge in [0.15, 0.2) is 0 Å². The number of thiazole rings is 1. The first-order valence-electron chi connectivity index (χ1n) is 18.1. The summed E-state index contributed by atoms with van der Waals surface area (Å²) in [7, 11) is 1.62. The molecule has 326 valence electrons. The zero-order valence-electron chi connectivity index (χ0n) is 33.9. The van der Waals surface area contributed by atoms with Crippen molar-refractivity contribution in [3.05, 3.63) is 33.3 Å². The molecule has 0 aliphatic rings. The van der Waals surface area contributed by atoms with Crippen molar-refractivity contribution in [1.29, 1.82) is 0 Å². The number of allylic oxidation sites excluding steroid dienone is 1. The van der Waals surface area contributed by atoms with Gasteiger partial charge in [0.05, 0.1) is 35.7 Å². The molecule has 0 spiro atoms. The Kier molecular flexibility index (Phi) is 22.5. The number of carbonyl (C=O) groups excluding carboxylic acids is 4. The van der Waals surface area contributed by atoms with Crippen molar-refractivity contribution in [2.75, 3.05) is 20.3 Å². The number of nitrogens with zero attached hydrogens (tertiary/aromatic N) is 1. The van der Waals surface area contributed by atoms with Gasteiger partial charge in [-0.3, -0.25) is 9.59 Å². The molecule has 57 heavy (non-hydrogen) atoms. The van der Waals surface area contributed by atoms with Crippen LogP contribution in [0, 0.1) is 17.3 Å². The van der Waals surface area contributed by atoms with E-state index in [9.17, 15) is 24.3 Å². The largest absolute Gasteiger partial charge is 0.508 e. The molecular weight excluding hydrogens is 891 g/mol. The Bertz CT molecular complexity index is 1530. The van der Waals surface area contributed by atoms with E-state index in [0.29, 0.717) is 36.4 Å². The molecule has 0 radical (unpaired) electrons. The molecule has 0 amide bonds. The van der Waals surface area contributed by atoms with Crippen molar-refractivity contribution < 1.29 is 52.7 Å². The zero-order valence-corrected chi connectivity index (χ0v) is 39.3. The monoisotopic (exact) mass is 943 g/mol. The first kappa shape index (κ1) is 53.5. The Balaban J connectivity index is 2.95. The lowest BCUT2D eigenvalue weighted by Gasteiger charge is -2.36. The Hall–Kier alpha value is -1.55. The molecule has 0 fully saturated rings. The molecule has 12 nitrogen and oxygen atoms in total. The number of hydrogen-bond acceptors (Lipinski definition) is 13. The molecule has 5 atom stereocenters. The van der Waals surface area contributed by atoms with Crippen molar-refractivity contribution in [2.24, 2.45) is 17.3 Å². The van der Waals surface area contributed by atoms with E-state index in [1.54, 1.807) is 34.8 Å². The van der Waals surface area contributed by atoms with Crippen molar-refractivity contribution in [3.8, 4) is 0 Å². The summed E-state index contributed by atoms with van der Waals surface area (Å²) in [4.78, 5) is 55.3. The number of rotatable bonds is 21. The third-order valence-corrected chi connectivity index (χ3v) is 10.1. The minimum atomic E-state index is -1.87. The van der Waals surface area contributed by atoms with Gasteiger partial charge in [-0.15, -0.1) is 11.3 Å². The summed E-state index contributed by atoms with van der Waals surface area (Å²) in [5.74, 6) is -2.32. The van der Waals surface area contributed by atoms with Crippen LogP contribution in [-0.2, 0) is 44.6 Å². The van der Waals surface area contributed by atoms with E-state index in [0.717, 1.165) is 11.1 Å². The summed E-state index contributed by atoms with van der Waals surface area (Å²) < 4.78 is 27.9. The average Bonchev–Trinajstić information content (AvgIpc) is 3.52. The number of aliphatic hydroxyl groups excluding tert-OH is 1. The fraction of sp³-hybridized carbons (Fsp3) is 0.711. The highest BCUT2D eigenvalue weighted by molar-refractivity contribution is 7.09. The maximum atomic E-state index is 13.9. The lowest BCUT2D eigenvalue weighted by atomic mass is 9.73. The van der Waals surface area contributed by atoms with Gasteiger partial charge in [-0.2, -0.15) is 0 Å². The summed E-state index contributed by atoms with van der Waals surface area (Å²) in [6.45, 7) is 14.4. The molecule has 1 rings (SSSR count). The Morgan fingerprint density at radius 1 is 0.912 bits per heavy atom. The number of methoxy groups -OCH3 is 1. The zero-order chi connectivity index (χ0) is 43.9. The Morgan fingerprint density at radius 2 is 1.49 bits per heavy atom. The summed E-state index contributed by atoms with van der Waals surface area (Å²) in [5.41, 5.74) is 0.529. The maximum Gasteiger partial charge on any atom is 0.508 e. The minimum Gasteiger partial charge on any atom is -0.460 e. The summed E-state index contributed by atoms with van der Waals surface area (Å²) >= 11 is 35.3. The number of aromatic nitrogens is 1. The third-order valence-electron chi connectivity index (χ3n) is 8.62. The fourth-order valence-corrected chi connectivity index (χ4v) is 6.52. The number of hydrogen-bond donors (Lipinski definition) is 1. The van der Waals surface area contributed by atoms with Crippen LogP contribution in [0.1, 0.15) is 105 Å². The van der Waals surface area contributed by atoms with Crippen LogP contribution in [0.15, 0.2) is 22.6 Å². The van der Waals surface area contributed by atoms with E-state index in [1.807, 2.05) is 32.2 Å². The highest BCUT2D eigenvalue weighted by Gasteiger charge is 2.44. The van der Waals surface area contributed by atoms with Crippen LogP contribution in [0.4, 0.5) is 9.59 Å². The van der Waals surface area contributed by atoms with E-state index in [2.05, 4.69) is 11.1 Å². The van der Waals surface area contributed by atoms with Gasteiger partial charge in [0.1, 0.15) is 42.3 Å². The summed E-state index contributed by atoms with van der Waals surface area (Å²) in [5, 5.41) is 13.3. The number of halogens is 6. The molecule has 0 aromatic carbocycles. The fourth-order valence-electron chi connectivity index (χ4n) is 5.53. The molecule has 0 saturated heterocycles. The minimum absolute atomic E-state index is 0.107. The smallest absolute Gasteiger partial charge is 0.460 e. The molecule has 0 saturated carbocycles. The predicted molar refractivity (Wildman–Crippen MR) is 225 cm³/mol. The lowest BCUT2D eigenvalue weighted by Crippen LogP contribution is -2.47. The Morgan fingerprint density at radius 3 is 2.04 bits per heavy atom. The van der Waals surface area contributed by atoms with E-state index >= 15 is 0 Å². The molecule has 0 aliphatic heterocycles. The van der Waals surface area contributed by atoms with Crippen molar-refractivity contribution in [2.45, 2.75) is 133 Å². The number of ketones is 1. The van der Waals surface area contributed by atoms with Crippen LogP contribution in [0.2, 0.25) is 0 Å². The number of Topliss-reactive ketones (excluding diaryl/α,β-unsaturated/α-hetero) is 1. The van der Waals surface area contributed by atoms with Gasteiger partial charge in [0.25, 0.3) is 0 Å². The molecule has 1 aromatic rings. The second-order valence-electron chi connectivity index (χ2n) is 15.3. The van der Waals surface area contributed by atoms with Crippen LogP contribution < -0.4 is 0 Å². The van der Waals surface area contributed by atoms with Crippen LogP contribution in [-0.4, -0.2) is 86.0 Å². The van der Waals surface area contributed by atoms with Crippen molar-refractivity contribution >= 4 is 111 Å². The molecule has 0 aliphatic carbocycles. The number of esters is 1. The van der Waals surface area contributed by atoms with E-state index in [4.69, 9.17) is 98.0 Å². The standard InChI is InChI=1S/C38H55Cl6NO11S/c1-22(14-15-27(51-10)24(3)16-26-19-57-29(45-26)18-52-33(49)53-20-37(39,40)41)12-11-13-23(2)31(55-34(50)54-21-38(42,43)44)25(4)32(48)36(8,9)28(46)17-30(47)56-35(5,6)7/h14,16,19,23,25,27-28,31,46H,11-13,15,17-18,20-21H2,1-10H3/b22-14-,24-16+/t23-,25+,27+,28-,31-/m0/s1. The number of ether oxygens (including phenoxy) is 6. The van der Waals surface area contributed by atoms with E-state index < -0.39 is 80.4 Å². The number of carbonyl (C=O) groups is 4. The molecule has 1 aromatic heterocycles. The normalized spacial score (nSPS) is 15.9. The molecule has 1 heterocycles. The topological polar surface area (TPSA) is 157 Å². The van der Waals surface area contributed by atoms with Crippen LogP contribution >= 0.6 is 80.9 Å². The van der Waals surface area contributed by atoms with Gasteiger partial charge in [0, 0.05) is 12.5 Å². The van der Waals surface area contributed by atoms with E-state index in [-0.39, 0.29) is 18.6 Å². The van der Waals surface area contributed by atoms with E-state index in [1.165, 1.54) is 25.2 Å². The van der Waals surface area contributed by atoms with Crippen LogP contribution in [0.5, 0.6) is 0 Å². The highest BCUT2D eigenvalue weighted by atomic mass is 35.6. The summed E-state index contributed by atoms with van der Waals surface area (Å²) in [6.07, 6.45) is 1.43. The van der Waals surface area contributed by atoms with Gasteiger partial charge >= 0.3 is 18.3 Å². The van der Waals surface area contributed by atoms with Gasteiger partial charge in [0.2, 0.25) is 7.59 Å². The first-order chi connectivity index (χ1) is 26.0. The van der Waals surface area contributed by atoms with Gasteiger partial charge in [-0.1, -0.05) is 109 Å². The maximum absolute atomic E-state index is 13.9. The SMILES string of the molecule is CO[C@H](C/C=C(/C)CCC[C@H](C)[C@H](OC(=O)OCC(Cl)(Cl)Cl)[C@@H](C)C(=O)C(C)(C)[C@@H](O)CC(=O)OC(C)(C)C)/C(C)=C/c1csc(COC(=O)OCC(Cl)(Cl)Cl)n1. The Labute approximate surface area is 370 Å². The van der Waals surface area contributed by atoms with Crippen molar-refractivity contribution in [3.63, 3.8) is 0 Å². The highest BCUT2D eigenvalue weighted by Crippen LogP contribution is 2.34. The number of aliphatic hydroxyl groups is 1. The molecule has 19 heteroatoms. The number of alkyl halides is 6. The second-order valence-corrected chi connectivity index (χ2v) is 21.3. The average molecular weight is 947 g/mol. The first-order valence-corrected chi connectivity index (χ1v) is 21.2. The van der Waals surface area contributed by atoms with Crippen molar-refractivity contribution in [1.82, 2.24) is 4.98 Å². The predicted octanol–water partition coefficient (Wildman–Crippen LogP) is 10.9. The van der Waals surface area contributed by atoms with Gasteiger partial charge < -0.3 is 33.5 Å². The summed E-state index contributed by atoms with van der Waals surface area (Å²) in [6, 6.07) is 0. The van der Waals surface area contributed by atoms with Crippen LogP contribution in [0.25, 0.3) is 6.08 Å².